The first-order chi connectivity index (χ1) is 8.10. The number of hydrogen-bond acceptors (Lipinski definition) is 9. The summed E-state index contributed by atoms with van der Waals surface area (Å²) in [4.78, 5) is 23.1. The van der Waals surface area contributed by atoms with Gasteiger partial charge in [0, 0.05) is 46.6 Å². The zero-order valence-electron chi connectivity index (χ0n) is 9.57. The molecule has 0 fully saturated rings. The molecule has 0 heterocycles. The molecule has 100 valence electrons. The smallest absolute Gasteiger partial charge is 0.259 e. The summed E-state index contributed by atoms with van der Waals surface area (Å²) in [6, 6.07) is 0. The number of carbonyl (C=O) groups excluding carboxylic acids is 2. The van der Waals surface area contributed by atoms with Crippen LogP contribution in [0.1, 0.15) is 0 Å². The first-order valence-corrected chi connectivity index (χ1v) is 12.2. The highest BCUT2D eigenvalue weighted by Crippen LogP contribution is 2.41. The van der Waals surface area contributed by atoms with E-state index in [1.807, 2.05) is 25.0 Å². The molecule has 2 amide bonds. The molecule has 0 rings (SSSR count). The predicted octanol–water partition coefficient (Wildman–Crippen LogP) is 4.97. The van der Waals surface area contributed by atoms with Crippen LogP contribution in [-0.2, 0) is 0 Å². The van der Waals surface area contributed by atoms with Crippen LogP contribution in [0.5, 0.6) is 0 Å². The Labute approximate surface area is 131 Å². The fourth-order valence-corrected chi connectivity index (χ4v) is 6.80. The molecule has 11 heteroatoms. The van der Waals surface area contributed by atoms with E-state index in [1.54, 1.807) is 7.42 Å². The minimum atomic E-state index is -0.0739. The summed E-state index contributed by atoms with van der Waals surface area (Å²) in [5.74, 6) is 0. The number of rotatable bonds is 6. The second kappa shape index (κ2) is 11.2. The molecule has 0 saturated carbocycles. The molecular weight excluding hydrogens is 357 g/mol. The van der Waals surface area contributed by atoms with Crippen molar-refractivity contribution in [2.24, 2.45) is 0 Å². The van der Waals surface area contributed by atoms with Gasteiger partial charge in [-0.15, -0.1) is 0 Å². The van der Waals surface area contributed by atoms with Crippen molar-refractivity contribution in [3.63, 3.8) is 0 Å². The average molecular weight is 369 g/mol. The molecule has 0 bridgehead atoms. The Bertz CT molecular complexity index is 223. The first kappa shape index (κ1) is 18.4. The molecule has 0 spiro atoms. The summed E-state index contributed by atoms with van der Waals surface area (Å²) in [7, 11) is 3.30. The van der Waals surface area contributed by atoms with E-state index >= 15 is 0 Å². The lowest BCUT2D eigenvalue weighted by molar-refractivity contribution is 0.258. The Morgan fingerprint density at radius 1 is 0.706 bits per heavy atom. The molecule has 0 unspecified atom stereocenters. The minimum absolute atomic E-state index is 0.0739. The van der Waals surface area contributed by atoms with E-state index in [4.69, 9.17) is 0 Å². The van der Waals surface area contributed by atoms with Gasteiger partial charge in [-0.2, -0.15) is 0 Å². The maximum absolute atomic E-state index is 11.6. The lowest BCUT2D eigenvalue weighted by Crippen LogP contribution is -2.10. The molecule has 17 heavy (non-hydrogen) atoms. The van der Waals surface area contributed by atoms with Crippen molar-refractivity contribution in [3.8, 4) is 0 Å². The van der Waals surface area contributed by atoms with Crippen molar-refractivity contribution in [2.75, 3.05) is 25.0 Å². The molecule has 0 radical (unpaired) electrons. The molecule has 0 aromatic rings. The van der Waals surface area contributed by atoms with Crippen LogP contribution < -0.4 is 0 Å². The van der Waals surface area contributed by atoms with Gasteiger partial charge in [0.05, 0.1) is 0 Å². The number of carbonyl (C=O) groups is 2. The highest BCUT2D eigenvalue weighted by Gasteiger charge is 2.17. The second-order valence-corrected chi connectivity index (χ2v) is 9.20. The lowest BCUT2D eigenvalue weighted by atomic mass is 11.4. The van der Waals surface area contributed by atoms with Gasteiger partial charge in [-0.05, 0) is 57.6 Å². The summed E-state index contributed by atoms with van der Waals surface area (Å²) in [5, 5.41) is -0.148. The van der Waals surface area contributed by atoms with Crippen molar-refractivity contribution >= 4 is 89.7 Å². The van der Waals surface area contributed by atoms with Gasteiger partial charge >= 0.3 is 10.5 Å². The van der Waals surface area contributed by atoms with Gasteiger partial charge in [0.15, 0.2) is 0 Å². The van der Waals surface area contributed by atoms with Crippen molar-refractivity contribution in [1.82, 2.24) is 7.42 Å². The maximum Gasteiger partial charge on any atom is 0.313 e. The molecule has 0 aliphatic heterocycles. The van der Waals surface area contributed by atoms with Gasteiger partial charge in [-0.3, -0.25) is 9.59 Å². The normalized spacial score (nSPS) is 10.1. The van der Waals surface area contributed by atoms with Gasteiger partial charge < -0.3 is 0 Å². The Kier molecular flexibility index (Phi) is 12.2. The van der Waals surface area contributed by atoms with Crippen molar-refractivity contribution in [1.29, 1.82) is 0 Å². The van der Waals surface area contributed by atoms with E-state index < -0.39 is 0 Å². The summed E-state index contributed by atoms with van der Waals surface area (Å²) in [5.41, 5.74) is 0. The number of nitrogens with zero attached hydrogens (tertiary/aromatic N) is 2. The van der Waals surface area contributed by atoms with Gasteiger partial charge in [-0.25, -0.2) is 7.42 Å². The highest BCUT2D eigenvalue weighted by atomic mass is 33.5. The third kappa shape index (κ3) is 7.53. The van der Waals surface area contributed by atoms with Crippen LogP contribution in [0.4, 0.5) is 9.59 Å². The molecule has 0 atom stereocenters. The summed E-state index contributed by atoms with van der Waals surface area (Å²) >= 11 is 5.41. The Balaban J connectivity index is 3.90. The van der Waals surface area contributed by atoms with E-state index in [-0.39, 0.29) is 10.5 Å². The van der Waals surface area contributed by atoms with Crippen LogP contribution in [0.25, 0.3) is 0 Å². The van der Waals surface area contributed by atoms with Crippen LogP contribution in [0.2, 0.25) is 0 Å². The molecular formula is C6H12N2O2S7. The van der Waals surface area contributed by atoms with E-state index in [1.165, 1.54) is 57.6 Å². The number of hydrogen-bond donors (Lipinski definition) is 0. The fourth-order valence-electron chi connectivity index (χ4n) is 0.583. The molecule has 0 N–H and O–H groups in total. The Hall–Kier alpha value is 1.39. The highest BCUT2D eigenvalue weighted by molar-refractivity contribution is 9.14. The van der Waals surface area contributed by atoms with Gasteiger partial charge in [0.2, 0.25) is 0 Å². The van der Waals surface area contributed by atoms with Crippen LogP contribution >= 0.6 is 79.2 Å². The summed E-state index contributed by atoms with van der Waals surface area (Å²) in [6.45, 7) is 0. The molecule has 0 saturated heterocycles. The zero-order chi connectivity index (χ0) is 13.3. The summed E-state index contributed by atoms with van der Waals surface area (Å²) < 4.78 is 3.12. The lowest BCUT2D eigenvalue weighted by Gasteiger charge is -2.15. The predicted molar refractivity (Wildman–Crippen MR) is 91.3 cm³/mol. The van der Waals surface area contributed by atoms with Crippen LogP contribution in [0, 0.1) is 0 Å². The van der Waals surface area contributed by atoms with Crippen molar-refractivity contribution in [3.05, 3.63) is 0 Å². The quantitative estimate of drug-likeness (QED) is 0.477. The largest absolute Gasteiger partial charge is 0.313 e. The Morgan fingerprint density at radius 2 is 1.00 bits per heavy atom. The second-order valence-electron chi connectivity index (χ2n) is 2.01. The van der Waals surface area contributed by atoms with Crippen LogP contribution in [-0.4, -0.2) is 42.9 Å². The Morgan fingerprint density at radius 3 is 1.24 bits per heavy atom. The van der Waals surface area contributed by atoms with Crippen molar-refractivity contribution < 1.29 is 9.59 Å². The molecule has 0 aliphatic carbocycles. The topological polar surface area (TPSA) is 40.6 Å². The molecule has 0 aromatic heterocycles. The fraction of sp³-hybridized carbons (Fsp3) is 0.667. The van der Waals surface area contributed by atoms with Gasteiger partial charge in [-0.1, -0.05) is 0 Å². The number of amides is 2. The summed E-state index contributed by atoms with van der Waals surface area (Å²) in [6.07, 6.45) is 7.34. The standard InChI is InChI=1S/C6H12N2O2S7/c1-11-7(12-2)5(9)15-17-16-6(10)8(13-3)14-4/h1-4H3. The van der Waals surface area contributed by atoms with E-state index in [0.717, 1.165) is 21.6 Å². The van der Waals surface area contributed by atoms with Gasteiger partial charge in [0.1, 0.15) is 0 Å². The monoisotopic (exact) mass is 368 g/mol. The molecule has 0 aliphatic rings. The van der Waals surface area contributed by atoms with E-state index in [9.17, 15) is 9.59 Å². The van der Waals surface area contributed by atoms with Crippen LogP contribution in [0.15, 0.2) is 0 Å². The SMILES string of the molecule is CSN(SC)C(=O)SSSC(=O)N(SC)SC. The van der Waals surface area contributed by atoms with E-state index in [2.05, 4.69) is 0 Å². The third-order valence-electron chi connectivity index (χ3n) is 1.17. The van der Waals surface area contributed by atoms with E-state index in [0.29, 0.717) is 0 Å². The molecule has 0 aromatic carbocycles. The maximum atomic E-state index is 11.6. The minimum Gasteiger partial charge on any atom is -0.259 e. The average Bonchev–Trinajstić information content (AvgIpc) is 2.32. The third-order valence-corrected chi connectivity index (χ3v) is 8.69. The molecule has 4 nitrogen and oxygen atoms in total. The van der Waals surface area contributed by atoms with Crippen molar-refractivity contribution in [2.45, 2.75) is 0 Å². The zero-order valence-corrected chi connectivity index (χ0v) is 15.3. The van der Waals surface area contributed by atoms with Gasteiger partial charge in [0.25, 0.3) is 0 Å². The van der Waals surface area contributed by atoms with Crippen LogP contribution in [0.3, 0.4) is 0 Å². The first-order valence-electron chi connectivity index (χ1n) is 3.96.